The van der Waals surface area contributed by atoms with Crippen molar-refractivity contribution in [2.45, 2.75) is 13.3 Å². The minimum Gasteiger partial charge on any atom is -0.254 e. The number of alkyl halides is 2. The summed E-state index contributed by atoms with van der Waals surface area (Å²) in [5.41, 5.74) is 0.815. The van der Waals surface area contributed by atoms with Gasteiger partial charge < -0.3 is 0 Å². The lowest BCUT2D eigenvalue weighted by Gasteiger charge is -2.05. The Morgan fingerprint density at radius 3 is 2.42 bits per heavy atom. The lowest BCUT2D eigenvalue weighted by atomic mass is 10.3. The predicted octanol–water partition coefficient (Wildman–Crippen LogP) is 3.54. The Morgan fingerprint density at radius 2 is 1.92 bits per heavy atom. The van der Waals surface area contributed by atoms with Crippen LogP contribution in [0.5, 0.6) is 0 Å². The van der Waals surface area contributed by atoms with Gasteiger partial charge in [-0.2, -0.15) is 0 Å². The van der Waals surface area contributed by atoms with Crippen LogP contribution in [-0.2, 0) is 0 Å². The maximum absolute atomic E-state index is 12.3. The van der Waals surface area contributed by atoms with Gasteiger partial charge in [-0.3, -0.25) is 4.98 Å². The van der Waals surface area contributed by atoms with Crippen LogP contribution in [0.3, 0.4) is 0 Å². The first kappa shape index (κ1) is 10.6. The summed E-state index contributed by atoms with van der Waals surface area (Å²) in [5.74, 6) is 0. The van der Waals surface area contributed by atoms with E-state index in [4.69, 9.17) is 0 Å². The van der Waals surface area contributed by atoms with Crippen LogP contribution >= 0.6 is 45.2 Å². The molecule has 0 saturated heterocycles. The molecule has 0 bridgehead atoms. The molecule has 1 aromatic heterocycles. The zero-order chi connectivity index (χ0) is 9.30. The minimum atomic E-state index is -2.48. The first-order valence-electron chi connectivity index (χ1n) is 3.12. The van der Waals surface area contributed by atoms with Crippen LogP contribution in [0.2, 0.25) is 0 Å². The van der Waals surface area contributed by atoms with Crippen molar-refractivity contribution in [2.24, 2.45) is 0 Å². The average molecular weight is 395 g/mol. The Labute approximate surface area is 96.2 Å². The highest BCUT2D eigenvalue weighted by atomic mass is 127. The molecular weight excluding hydrogens is 390 g/mol. The summed E-state index contributed by atoms with van der Waals surface area (Å²) < 4.78 is 26.0. The highest BCUT2D eigenvalue weighted by Gasteiger charge is 2.15. The average Bonchev–Trinajstić information content (AvgIpc) is 2.00. The number of pyridine rings is 1. The van der Waals surface area contributed by atoms with Gasteiger partial charge in [0.1, 0.15) is 5.69 Å². The highest BCUT2D eigenvalue weighted by molar-refractivity contribution is 14.1. The third kappa shape index (κ3) is 2.04. The number of hydrogen-bond acceptors (Lipinski definition) is 1. The second-order valence-electron chi connectivity index (χ2n) is 2.26. The van der Waals surface area contributed by atoms with E-state index in [9.17, 15) is 8.78 Å². The van der Waals surface area contributed by atoms with Crippen LogP contribution in [0.25, 0.3) is 0 Å². The molecular formula is C7H5F2I2N. The van der Waals surface area contributed by atoms with Crippen LogP contribution in [0.4, 0.5) is 8.78 Å². The summed E-state index contributed by atoms with van der Waals surface area (Å²) in [6, 6.07) is 0. The van der Waals surface area contributed by atoms with Gasteiger partial charge >= 0.3 is 0 Å². The van der Waals surface area contributed by atoms with Gasteiger partial charge in [0, 0.05) is 9.77 Å². The molecule has 0 atom stereocenters. The van der Waals surface area contributed by atoms with E-state index in [-0.39, 0.29) is 5.69 Å². The lowest BCUT2D eigenvalue weighted by molar-refractivity contribution is 0.145. The van der Waals surface area contributed by atoms with Gasteiger partial charge in [0.25, 0.3) is 6.43 Å². The second-order valence-corrected chi connectivity index (χ2v) is 4.41. The van der Waals surface area contributed by atoms with E-state index in [0.29, 0.717) is 3.57 Å². The van der Waals surface area contributed by atoms with Crippen molar-refractivity contribution in [3.05, 3.63) is 24.6 Å². The van der Waals surface area contributed by atoms with Gasteiger partial charge in [-0.05, 0) is 57.7 Å². The Balaban J connectivity index is 3.27. The third-order valence-electron chi connectivity index (χ3n) is 1.37. The molecule has 0 aliphatic carbocycles. The fourth-order valence-electron chi connectivity index (χ4n) is 0.717. The van der Waals surface area contributed by atoms with Crippen molar-refractivity contribution in [2.75, 3.05) is 0 Å². The van der Waals surface area contributed by atoms with E-state index in [1.807, 2.05) is 52.1 Å². The molecule has 1 rings (SSSR count). The van der Waals surface area contributed by atoms with Crippen LogP contribution in [0.1, 0.15) is 17.7 Å². The molecule has 0 aromatic carbocycles. The number of nitrogens with zero attached hydrogens (tertiary/aromatic N) is 1. The van der Waals surface area contributed by atoms with E-state index in [0.717, 1.165) is 9.13 Å². The van der Waals surface area contributed by atoms with E-state index in [1.54, 1.807) is 0 Å². The van der Waals surface area contributed by atoms with Gasteiger partial charge in [-0.15, -0.1) is 0 Å². The van der Waals surface area contributed by atoms with Crippen molar-refractivity contribution in [3.8, 4) is 0 Å². The van der Waals surface area contributed by atoms with Crippen molar-refractivity contribution in [1.29, 1.82) is 0 Å². The highest BCUT2D eigenvalue weighted by Crippen LogP contribution is 2.27. The molecule has 0 aliphatic rings. The summed E-state index contributed by atoms with van der Waals surface area (Å²) >= 11 is 3.94. The standard InChI is InChI=1S/C7H5F2I2N/c1-3-2-12-6(7(8)9)5(11)4(3)10/h2,7H,1H3. The SMILES string of the molecule is Cc1cnc(C(F)F)c(I)c1I. The fraction of sp³-hybridized carbons (Fsp3) is 0.286. The summed E-state index contributed by atoms with van der Waals surface area (Å²) in [4.78, 5) is 3.68. The summed E-state index contributed by atoms with van der Waals surface area (Å²) in [5, 5.41) is 0. The maximum atomic E-state index is 12.3. The normalized spacial score (nSPS) is 10.8. The summed E-state index contributed by atoms with van der Waals surface area (Å²) in [6.45, 7) is 1.85. The molecule has 0 saturated carbocycles. The molecule has 0 fully saturated rings. The molecule has 0 spiro atoms. The van der Waals surface area contributed by atoms with Crippen molar-refractivity contribution in [3.63, 3.8) is 0 Å². The molecule has 12 heavy (non-hydrogen) atoms. The zero-order valence-corrected chi connectivity index (χ0v) is 10.4. The van der Waals surface area contributed by atoms with Gasteiger partial charge in [0.2, 0.25) is 0 Å². The van der Waals surface area contributed by atoms with E-state index < -0.39 is 6.43 Å². The van der Waals surface area contributed by atoms with E-state index in [2.05, 4.69) is 4.98 Å². The van der Waals surface area contributed by atoms with Crippen LogP contribution in [-0.4, -0.2) is 4.98 Å². The predicted molar refractivity (Wildman–Crippen MR) is 59.4 cm³/mol. The van der Waals surface area contributed by atoms with Gasteiger partial charge in [0.05, 0.1) is 3.57 Å². The second kappa shape index (κ2) is 4.12. The molecule has 0 amide bonds. The number of aryl methyl sites for hydroxylation is 1. The number of aromatic nitrogens is 1. The topological polar surface area (TPSA) is 12.9 Å². The van der Waals surface area contributed by atoms with E-state index >= 15 is 0 Å². The number of rotatable bonds is 1. The first-order chi connectivity index (χ1) is 5.54. The van der Waals surface area contributed by atoms with Crippen molar-refractivity contribution >= 4 is 45.2 Å². The van der Waals surface area contributed by atoms with Gasteiger partial charge in [-0.1, -0.05) is 0 Å². The Morgan fingerprint density at radius 1 is 1.33 bits per heavy atom. The first-order valence-corrected chi connectivity index (χ1v) is 5.28. The third-order valence-corrected chi connectivity index (χ3v) is 4.88. The van der Waals surface area contributed by atoms with Gasteiger partial charge in [-0.25, -0.2) is 8.78 Å². The van der Waals surface area contributed by atoms with Crippen LogP contribution in [0.15, 0.2) is 6.20 Å². The molecule has 0 N–H and O–H groups in total. The Kier molecular flexibility index (Phi) is 3.62. The zero-order valence-electron chi connectivity index (χ0n) is 6.11. The molecule has 0 radical (unpaired) electrons. The molecule has 0 unspecified atom stereocenters. The summed E-state index contributed by atoms with van der Waals surface area (Å²) in [6.07, 6.45) is -1.00. The number of halogens is 4. The summed E-state index contributed by atoms with van der Waals surface area (Å²) in [7, 11) is 0. The van der Waals surface area contributed by atoms with Crippen LogP contribution in [0, 0.1) is 14.1 Å². The van der Waals surface area contributed by atoms with Crippen LogP contribution < -0.4 is 0 Å². The quantitative estimate of drug-likeness (QED) is 0.664. The Hall–Kier alpha value is 0.470. The molecule has 1 aromatic rings. The molecule has 0 aliphatic heterocycles. The minimum absolute atomic E-state index is 0.120. The van der Waals surface area contributed by atoms with Gasteiger partial charge in [0.15, 0.2) is 0 Å². The fourth-order valence-corrected chi connectivity index (χ4v) is 1.93. The Bertz CT molecular complexity index is 302. The molecule has 66 valence electrons. The molecule has 1 nitrogen and oxygen atoms in total. The molecule has 5 heteroatoms. The van der Waals surface area contributed by atoms with E-state index in [1.165, 1.54) is 6.20 Å². The maximum Gasteiger partial charge on any atom is 0.281 e. The lowest BCUT2D eigenvalue weighted by Crippen LogP contribution is -1.98. The smallest absolute Gasteiger partial charge is 0.254 e. The number of hydrogen-bond donors (Lipinski definition) is 0. The van der Waals surface area contributed by atoms with Crippen molar-refractivity contribution in [1.82, 2.24) is 4.98 Å². The van der Waals surface area contributed by atoms with Crippen molar-refractivity contribution < 1.29 is 8.78 Å². The largest absolute Gasteiger partial charge is 0.281 e. The monoisotopic (exact) mass is 395 g/mol. The molecule has 1 heterocycles.